The SMILES string of the molecule is COCCN(CC(C)C)c1nc(CNC2CC2)co1. The summed E-state index contributed by atoms with van der Waals surface area (Å²) < 4.78 is 10.7. The molecule has 0 aliphatic heterocycles. The van der Waals surface area contributed by atoms with E-state index in [4.69, 9.17) is 9.15 Å². The Labute approximate surface area is 115 Å². The van der Waals surface area contributed by atoms with Crippen molar-refractivity contribution in [2.75, 3.05) is 31.7 Å². The minimum atomic E-state index is 0.566. The molecule has 0 bridgehead atoms. The monoisotopic (exact) mass is 267 g/mol. The van der Waals surface area contributed by atoms with E-state index in [1.807, 2.05) is 0 Å². The number of hydrogen-bond acceptors (Lipinski definition) is 5. The van der Waals surface area contributed by atoms with Crippen LogP contribution < -0.4 is 10.2 Å². The average molecular weight is 267 g/mol. The van der Waals surface area contributed by atoms with Crippen LogP contribution in [0.1, 0.15) is 32.4 Å². The molecule has 2 rings (SSSR count). The van der Waals surface area contributed by atoms with Crippen molar-refractivity contribution < 1.29 is 9.15 Å². The van der Waals surface area contributed by atoms with Gasteiger partial charge in [-0.25, -0.2) is 0 Å². The Morgan fingerprint density at radius 1 is 1.53 bits per heavy atom. The van der Waals surface area contributed by atoms with Gasteiger partial charge in [0, 0.05) is 32.8 Å². The van der Waals surface area contributed by atoms with Crippen LogP contribution in [0.15, 0.2) is 10.7 Å². The van der Waals surface area contributed by atoms with Gasteiger partial charge in [0.15, 0.2) is 0 Å². The van der Waals surface area contributed by atoms with Crippen molar-refractivity contribution >= 4 is 6.01 Å². The molecule has 1 aliphatic carbocycles. The molecular formula is C14H25N3O2. The lowest BCUT2D eigenvalue weighted by Gasteiger charge is -2.22. The van der Waals surface area contributed by atoms with Crippen molar-refractivity contribution in [1.29, 1.82) is 0 Å². The van der Waals surface area contributed by atoms with Crippen molar-refractivity contribution in [3.63, 3.8) is 0 Å². The first-order chi connectivity index (χ1) is 9.19. The van der Waals surface area contributed by atoms with Crippen molar-refractivity contribution in [3.8, 4) is 0 Å². The smallest absolute Gasteiger partial charge is 0.297 e. The zero-order valence-corrected chi connectivity index (χ0v) is 12.2. The summed E-state index contributed by atoms with van der Waals surface area (Å²) in [6.07, 6.45) is 4.33. The van der Waals surface area contributed by atoms with Crippen LogP contribution in [0.5, 0.6) is 0 Å². The van der Waals surface area contributed by atoms with Gasteiger partial charge in [-0.15, -0.1) is 0 Å². The van der Waals surface area contributed by atoms with Crippen molar-refractivity contribution in [2.45, 2.75) is 39.3 Å². The summed E-state index contributed by atoms with van der Waals surface area (Å²) in [7, 11) is 1.72. The second-order valence-corrected chi connectivity index (χ2v) is 5.61. The molecule has 5 heteroatoms. The topological polar surface area (TPSA) is 50.5 Å². The number of hydrogen-bond donors (Lipinski definition) is 1. The van der Waals surface area contributed by atoms with Crippen LogP contribution in [-0.2, 0) is 11.3 Å². The number of methoxy groups -OCH3 is 1. The Morgan fingerprint density at radius 3 is 2.95 bits per heavy atom. The molecule has 0 unspecified atom stereocenters. The third-order valence-corrected chi connectivity index (χ3v) is 3.11. The summed E-state index contributed by atoms with van der Waals surface area (Å²) >= 11 is 0. The third kappa shape index (κ3) is 4.84. The van der Waals surface area contributed by atoms with Crippen LogP contribution in [0.4, 0.5) is 6.01 Å². The molecule has 0 amide bonds. The highest BCUT2D eigenvalue weighted by atomic mass is 16.5. The zero-order valence-electron chi connectivity index (χ0n) is 12.2. The van der Waals surface area contributed by atoms with E-state index >= 15 is 0 Å². The van der Waals surface area contributed by atoms with E-state index in [1.54, 1.807) is 13.4 Å². The van der Waals surface area contributed by atoms with Crippen molar-refractivity contribution in [3.05, 3.63) is 12.0 Å². The number of rotatable bonds is 9. The molecule has 1 aliphatic rings. The average Bonchev–Trinajstić information content (AvgIpc) is 3.09. The van der Waals surface area contributed by atoms with Crippen molar-refractivity contribution in [2.24, 2.45) is 5.92 Å². The zero-order chi connectivity index (χ0) is 13.7. The molecule has 1 aromatic heterocycles. The summed E-state index contributed by atoms with van der Waals surface area (Å²) in [6.45, 7) is 7.61. The van der Waals surface area contributed by atoms with Crippen LogP contribution in [0.25, 0.3) is 0 Å². The molecule has 19 heavy (non-hydrogen) atoms. The molecule has 0 spiro atoms. The van der Waals surface area contributed by atoms with Crippen molar-refractivity contribution in [1.82, 2.24) is 10.3 Å². The Hall–Kier alpha value is -1.07. The Balaban J connectivity index is 1.90. The van der Waals surface area contributed by atoms with Gasteiger partial charge in [-0.2, -0.15) is 4.98 Å². The number of aromatic nitrogens is 1. The predicted molar refractivity (Wildman–Crippen MR) is 75.3 cm³/mol. The van der Waals surface area contributed by atoms with Gasteiger partial charge < -0.3 is 19.4 Å². The van der Waals surface area contributed by atoms with Gasteiger partial charge in [0.05, 0.1) is 12.3 Å². The second kappa shape index (κ2) is 6.91. The fourth-order valence-corrected chi connectivity index (χ4v) is 1.97. The molecule has 0 saturated heterocycles. The first kappa shape index (κ1) is 14.3. The molecule has 0 atom stereocenters. The maximum absolute atomic E-state index is 5.60. The summed E-state index contributed by atoms with van der Waals surface area (Å²) in [4.78, 5) is 6.71. The molecule has 1 saturated carbocycles. The van der Waals surface area contributed by atoms with E-state index in [-0.39, 0.29) is 0 Å². The van der Waals surface area contributed by atoms with Gasteiger partial charge in [-0.1, -0.05) is 13.8 Å². The minimum absolute atomic E-state index is 0.566. The van der Waals surface area contributed by atoms with E-state index < -0.39 is 0 Å². The lowest BCUT2D eigenvalue weighted by Crippen LogP contribution is -2.31. The molecule has 1 heterocycles. The highest BCUT2D eigenvalue weighted by Gasteiger charge is 2.21. The fourth-order valence-electron chi connectivity index (χ4n) is 1.97. The van der Waals surface area contributed by atoms with Gasteiger partial charge in [0.25, 0.3) is 6.01 Å². The van der Waals surface area contributed by atoms with Crippen LogP contribution in [-0.4, -0.2) is 37.8 Å². The molecular weight excluding hydrogens is 242 g/mol. The van der Waals surface area contributed by atoms with E-state index in [0.717, 1.165) is 25.3 Å². The number of anilines is 1. The minimum Gasteiger partial charge on any atom is -0.432 e. The summed E-state index contributed by atoms with van der Waals surface area (Å²) in [6, 6.07) is 1.40. The molecule has 0 aromatic carbocycles. The first-order valence-corrected chi connectivity index (χ1v) is 7.10. The molecule has 108 valence electrons. The lowest BCUT2D eigenvalue weighted by atomic mass is 10.2. The quantitative estimate of drug-likeness (QED) is 0.742. The van der Waals surface area contributed by atoms with Gasteiger partial charge in [0.2, 0.25) is 0 Å². The highest BCUT2D eigenvalue weighted by molar-refractivity contribution is 5.27. The standard InChI is InChI=1S/C14H25N3O2/c1-11(2)9-17(6-7-18-3)14-16-13(10-19-14)8-15-12-4-5-12/h10-12,15H,4-9H2,1-3H3. The number of ether oxygens (including phenoxy) is 1. The Bertz CT molecular complexity index is 375. The van der Waals surface area contributed by atoms with Gasteiger partial charge >= 0.3 is 0 Å². The Kier molecular flexibility index (Phi) is 5.22. The summed E-state index contributed by atoms with van der Waals surface area (Å²) in [5.41, 5.74) is 0.980. The van der Waals surface area contributed by atoms with Crippen LogP contribution in [0, 0.1) is 5.92 Å². The molecule has 1 aromatic rings. The molecule has 0 radical (unpaired) electrons. The van der Waals surface area contributed by atoms with Gasteiger partial charge in [0.1, 0.15) is 6.26 Å². The van der Waals surface area contributed by atoms with E-state index in [1.165, 1.54) is 12.8 Å². The van der Waals surface area contributed by atoms with Crippen LogP contribution in [0.2, 0.25) is 0 Å². The van der Waals surface area contributed by atoms with E-state index in [9.17, 15) is 0 Å². The summed E-state index contributed by atoms with van der Waals surface area (Å²) in [5, 5.41) is 3.44. The maximum atomic E-state index is 5.60. The number of nitrogens with one attached hydrogen (secondary N) is 1. The third-order valence-electron chi connectivity index (χ3n) is 3.11. The predicted octanol–water partition coefficient (Wildman–Crippen LogP) is 2.04. The molecule has 5 nitrogen and oxygen atoms in total. The van der Waals surface area contributed by atoms with E-state index in [0.29, 0.717) is 24.6 Å². The first-order valence-electron chi connectivity index (χ1n) is 7.10. The van der Waals surface area contributed by atoms with Gasteiger partial charge in [-0.05, 0) is 18.8 Å². The highest BCUT2D eigenvalue weighted by Crippen LogP contribution is 2.20. The Morgan fingerprint density at radius 2 is 2.32 bits per heavy atom. The number of nitrogens with zero attached hydrogens (tertiary/aromatic N) is 2. The normalized spacial score (nSPS) is 15.2. The van der Waals surface area contributed by atoms with Crippen LogP contribution >= 0.6 is 0 Å². The lowest BCUT2D eigenvalue weighted by molar-refractivity contribution is 0.203. The van der Waals surface area contributed by atoms with E-state index in [2.05, 4.69) is 29.0 Å². The number of oxazole rings is 1. The fraction of sp³-hybridized carbons (Fsp3) is 0.786. The molecule has 1 fully saturated rings. The van der Waals surface area contributed by atoms with Crippen LogP contribution in [0.3, 0.4) is 0 Å². The van der Waals surface area contributed by atoms with Gasteiger partial charge in [-0.3, -0.25) is 0 Å². The maximum Gasteiger partial charge on any atom is 0.297 e. The summed E-state index contributed by atoms with van der Waals surface area (Å²) in [5.74, 6) is 0.566. The second-order valence-electron chi connectivity index (χ2n) is 5.61. The largest absolute Gasteiger partial charge is 0.432 e. The molecule has 1 N–H and O–H groups in total.